The van der Waals surface area contributed by atoms with Gasteiger partial charge in [0.15, 0.2) is 5.60 Å². The van der Waals surface area contributed by atoms with Crippen LogP contribution in [-0.4, -0.2) is 31.8 Å². The highest BCUT2D eigenvalue weighted by molar-refractivity contribution is 7.99. The minimum absolute atomic E-state index is 0.130. The van der Waals surface area contributed by atoms with E-state index in [1.54, 1.807) is 30.3 Å². The van der Waals surface area contributed by atoms with Crippen LogP contribution in [0.1, 0.15) is 22.4 Å². The van der Waals surface area contributed by atoms with Gasteiger partial charge in [-0.1, -0.05) is 24.3 Å². The highest BCUT2D eigenvalue weighted by atomic mass is 32.2. The Morgan fingerprint density at radius 1 is 1.03 bits per heavy atom. The second-order valence-corrected chi connectivity index (χ2v) is 8.88. The van der Waals surface area contributed by atoms with Crippen LogP contribution in [0, 0.1) is 18.3 Å². The first-order chi connectivity index (χ1) is 16.8. The molecule has 0 aliphatic carbocycles. The van der Waals surface area contributed by atoms with Gasteiger partial charge in [0.1, 0.15) is 11.1 Å². The summed E-state index contributed by atoms with van der Waals surface area (Å²) >= 11 is 0.228. The van der Waals surface area contributed by atoms with Gasteiger partial charge >= 0.3 is 12.4 Å². The number of nitrogens with zero attached hydrogens (tertiary/aromatic N) is 4. The predicted molar refractivity (Wildman–Crippen MR) is 120 cm³/mol. The molecule has 4 rings (SSSR count). The smallest absolute Gasteiger partial charge is 0.376 e. The van der Waals surface area contributed by atoms with Crippen molar-refractivity contribution in [2.75, 3.05) is 5.75 Å². The number of aromatic nitrogens is 3. The molecule has 0 aliphatic rings. The number of benzene rings is 2. The second-order valence-electron chi connectivity index (χ2n) is 7.91. The molecule has 0 saturated carbocycles. The van der Waals surface area contributed by atoms with Crippen molar-refractivity contribution in [1.82, 2.24) is 14.8 Å². The average Bonchev–Trinajstić information content (AvgIpc) is 3.24. The molecule has 0 radical (unpaired) electrons. The molecule has 186 valence electrons. The third-order valence-electron chi connectivity index (χ3n) is 5.46. The van der Waals surface area contributed by atoms with E-state index in [1.807, 2.05) is 0 Å². The van der Waals surface area contributed by atoms with Crippen molar-refractivity contribution in [2.45, 2.75) is 29.9 Å². The van der Waals surface area contributed by atoms with Gasteiger partial charge in [-0.05, 0) is 42.8 Å². The van der Waals surface area contributed by atoms with Crippen LogP contribution in [0.15, 0.2) is 65.8 Å². The van der Waals surface area contributed by atoms with Gasteiger partial charge in [0.05, 0.1) is 28.5 Å². The first kappa shape index (κ1) is 25.5. The summed E-state index contributed by atoms with van der Waals surface area (Å²) in [5.74, 6) is -1.13. The van der Waals surface area contributed by atoms with Crippen LogP contribution in [0.4, 0.5) is 26.3 Å². The summed E-state index contributed by atoms with van der Waals surface area (Å²) in [4.78, 5) is 3.83. The highest BCUT2D eigenvalue weighted by Gasteiger charge is 2.55. The number of thioether (sulfide) groups is 1. The topological polar surface area (TPSA) is 74.7 Å². The number of fused-ring (bicyclic) bond motifs is 1. The van der Waals surface area contributed by atoms with E-state index in [4.69, 9.17) is 0 Å². The van der Waals surface area contributed by atoms with Gasteiger partial charge in [-0.2, -0.15) is 36.7 Å². The summed E-state index contributed by atoms with van der Waals surface area (Å²) < 4.78 is 84.1. The maximum Gasteiger partial charge on any atom is 0.422 e. The normalized spacial score (nSPS) is 14.0. The molecule has 12 heteroatoms. The second kappa shape index (κ2) is 9.15. The maximum atomic E-state index is 14.1. The van der Waals surface area contributed by atoms with E-state index in [1.165, 1.54) is 29.9 Å². The number of rotatable bonds is 5. The van der Waals surface area contributed by atoms with Gasteiger partial charge in [-0.25, -0.2) is 9.67 Å². The molecule has 2 heterocycles. The number of para-hydroxylation sites is 1. The average molecular weight is 522 g/mol. The number of alkyl halides is 6. The lowest BCUT2D eigenvalue weighted by atomic mass is 9.94. The zero-order chi connectivity index (χ0) is 26.3. The molecule has 4 aromatic rings. The van der Waals surface area contributed by atoms with Crippen molar-refractivity contribution in [3.63, 3.8) is 0 Å². The first-order valence-corrected chi connectivity index (χ1v) is 11.3. The van der Waals surface area contributed by atoms with Crippen molar-refractivity contribution >= 4 is 22.7 Å². The van der Waals surface area contributed by atoms with Crippen LogP contribution >= 0.6 is 11.8 Å². The predicted octanol–water partition coefficient (Wildman–Crippen LogP) is 6.16. The summed E-state index contributed by atoms with van der Waals surface area (Å²) in [7, 11) is 0. The van der Waals surface area contributed by atoms with E-state index < -0.39 is 45.4 Å². The maximum absolute atomic E-state index is 14.1. The van der Waals surface area contributed by atoms with Crippen LogP contribution < -0.4 is 0 Å². The Morgan fingerprint density at radius 3 is 2.33 bits per heavy atom. The standard InChI is InChI=1S/C24H16F6N4OS/c1-14-9-19(23(25,26)27)18(11-31)21(33-14)36-13-22(35,24(28,29)30)16-7-8-20-15(10-16)12-32-34(20)17-5-3-2-4-6-17/h2-10,12,35H,13H2,1H3. The molecule has 0 saturated heterocycles. The lowest BCUT2D eigenvalue weighted by Crippen LogP contribution is -2.44. The fourth-order valence-electron chi connectivity index (χ4n) is 3.65. The molecule has 36 heavy (non-hydrogen) atoms. The van der Waals surface area contributed by atoms with E-state index in [-0.39, 0.29) is 17.5 Å². The Bertz CT molecular complexity index is 1460. The fraction of sp³-hybridized carbons (Fsp3) is 0.208. The van der Waals surface area contributed by atoms with Crippen LogP contribution in [0.5, 0.6) is 0 Å². The van der Waals surface area contributed by atoms with Crippen LogP contribution in [0.3, 0.4) is 0 Å². The number of aliphatic hydroxyl groups is 1. The molecule has 0 fully saturated rings. The van der Waals surface area contributed by atoms with Gasteiger partial charge in [-0.3, -0.25) is 0 Å². The van der Waals surface area contributed by atoms with E-state index in [9.17, 15) is 36.7 Å². The minimum atomic E-state index is -5.19. The quantitative estimate of drug-likeness (QED) is 0.251. The molecular formula is C24H16F6N4OS. The molecule has 1 unspecified atom stereocenters. The molecule has 2 aromatic heterocycles. The molecule has 0 aliphatic heterocycles. The zero-order valence-electron chi connectivity index (χ0n) is 18.4. The lowest BCUT2D eigenvalue weighted by Gasteiger charge is -2.31. The molecular weight excluding hydrogens is 506 g/mol. The molecule has 0 bridgehead atoms. The number of hydrogen-bond donors (Lipinski definition) is 1. The number of hydrogen-bond acceptors (Lipinski definition) is 5. The van der Waals surface area contributed by atoms with Crippen molar-refractivity contribution in [3.05, 3.63) is 83.2 Å². The highest BCUT2D eigenvalue weighted by Crippen LogP contribution is 2.44. The largest absolute Gasteiger partial charge is 0.422 e. The van der Waals surface area contributed by atoms with E-state index in [0.717, 1.165) is 12.1 Å². The van der Waals surface area contributed by atoms with Crippen LogP contribution in [-0.2, 0) is 11.8 Å². The molecule has 0 spiro atoms. The fourth-order valence-corrected chi connectivity index (χ4v) is 4.83. The third kappa shape index (κ3) is 4.64. The van der Waals surface area contributed by atoms with Gasteiger partial charge < -0.3 is 5.11 Å². The summed E-state index contributed by atoms with van der Waals surface area (Å²) in [5, 5.41) is 24.1. The summed E-state index contributed by atoms with van der Waals surface area (Å²) in [5.41, 5.74) is -5.13. The van der Waals surface area contributed by atoms with Crippen LogP contribution in [0.25, 0.3) is 16.6 Å². The van der Waals surface area contributed by atoms with Gasteiger partial charge in [-0.15, -0.1) is 11.8 Å². The molecule has 1 atom stereocenters. The van der Waals surface area contributed by atoms with E-state index in [0.29, 0.717) is 22.7 Å². The first-order valence-electron chi connectivity index (χ1n) is 10.3. The Balaban J connectivity index is 1.74. The number of nitriles is 1. The molecule has 2 aromatic carbocycles. The Morgan fingerprint density at radius 2 is 1.72 bits per heavy atom. The summed E-state index contributed by atoms with van der Waals surface area (Å²) in [6.07, 6.45) is -8.74. The lowest BCUT2D eigenvalue weighted by molar-refractivity contribution is -0.256. The van der Waals surface area contributed by atoms with Crippen molar-refractivity contribution < 1.29 is 31.4 Å². The van der Waals surface area contributed by atoms with E-state index in [2.05, 4.69) is 10.1 Å². The number of aryl methyl sites for hydroxylation is 1. The molecule has 0 amide bonds. The number of pyridine rings is 1. The molecule has 1 N–H and O–H groups in total. The zero-order valence-corrected chi connectivity index (χ0v) is 19.2. The number of halogens is 6. The van der Waals surface area contributed by atoms with Crippen LogP contribution in [0.2, 0.25) is 0 Å². The Kier molecular flexibility index (Phi) is 6.49. The summed E-state index contributed by atoms with van der Waals surface area (Å²) in [6.45, 7) is 1.23. The monoisotopic (exact) mass is 522 g/mol. The third-order valence-corrected chi connectivity index (χ3v) is 6.60. The van der Waals surface area contributed by atoms with Gasteiger partial charge in [0, 0.05) is 16.8 Å². The van der Waals surface area contributed by atoms with Crippen molar-refractivity contribution in [1.29, 1.82) is 5.26 Å². The van der Waals surface area contributed by atoms with Crippen molar-refractivity contribution in [3.8, 4) is 11.8 Å². The Hall–Kier alpha value is -3.56. The SMILES string of the molecule is Cc1cc(C(F)(F)F)c(C#N)c(SCC(O)(c2ccc3c(cnn3-c3ccccc3)c2)C(F)(F)F)n1. The Labute approximate surface area is 205 Å². The van der Waals surface area contributed by atoms with E-state index >= 15 is 0 Å². The summed E-state index contributed by atoms with van der Waals surface area (Å²) in [6, 6.07) is 14.5. The van der Waals surface area contributed by atoms with Gasteiger partial charge in [0.25, 0.3) is 0 Å². The van der Waals surface area contributed by atoms with Crippen molar-refractivity contribution in [2.24, 2.45) is 0 Å². The molecule has 5 nitrogen and oxygen atoms in total. The minimum Gasteiger partial charge on any atom is -0.376 e. The van der Waals surface area contributed by atoms with Gasteiger partial charge in [0.2, 0.25) is 0 Å².